The van der Waals surface area contributed by atoms with Crippen molar-refractivity contribution in [2.24, 2.45) is 11.3 Å². The molecule has 172 valence electrons. The van der Waals surface area contributed by atoms with Crippen LogP contribution in [0, 0.1) is 11.3 Å². The monoisotopic (exact) mass is 451 g/mol. The number of aliphatic hydroxyl groups is 1. The quantitative estimate of drug-likeness (QED) is 0.455. The van der Waals surface area contributed by atoms with E-state index < -0.39 is 18.0 Å². The summed E-state index contributed by atoms with van der Waals surface area (Å²) in [6, 6.07) is 0.175. The second-order valence-electron chi connectivity index (χ2n) is 9.76. The number of carboxylic acid groups (broad SMARTS) is 1. The minimum atomic E-state index is -1.06. The minimum absolute atomic E-state index is 0.115. The predicted molar refractivity (Wildman–Crippen MR) is 117 cm³/mol. The van der Waals surface area contributed by atoms with E-state index in [1.165, 1.54) is 17.7 Å². The third kappa shape index (κ3) is 4.12. The molecule has 0 aromatic rings. The molecule has 0 bridgehead atoms. The zero-order valence-electron chi connectivity index (χ0n) is 18.5. The number of hydrogen-bond donors (Lipinski definition) is 3. The number of nitrogens with zero attached hydrogens (tertiary/aromatic N) is 2. The second-order valence-corrected chi connectivity index (χ2v) is 11.2. The molecule has 31 heavy (non-hydrogen) atoms. The van der Waals surface area contributed by atoms with Crippen LogP contribution in [0.25, 0.3) is 0 Å². The molecule has 3 N–H and O–H groups in total. The summed E-state index contributed by atoms with van der Waals surface area (Å²) in [5, 5.41) is 23.5. The summed E-state index contributed by atoms with van der Waals surface area (Å²) in [5.41, 5.74) is 0.390. The maximum atomic E-state index is 12.4. The molecule has 0 aromatic carbocycles. The fraction of sp³-hybridized carbons (Fsp3) is 0.773. The predicted octanol–water partition coefficient (Wildman–Crippen LogP) is 1.40. The number of carbonyl (C=O) groups excluding carboxylic acids is 2. The second kappa shape index (κ2) is 8.41. The van der Waals surface area contributed by atoms with Crippen molar-refractivity contribution < 1.29 is 24.6 Å². The average Bonchev–Trinajstić information content (AvgIpc) is 3.19. The van der Waals surface area contributed by atoms with Crippen LogP contribution in [0.3, 0.4) is 0 Å². The van der Waals surface area contributed by atoms with Crippen molar-refractivity contribution in [1.82, 2.24) is 15.1 Å². The van der Waals surface area contributed by atoms with E-state index in [-0.39, 0.29) is 34.2 Å². The number of hydrogen-bond acceptors (Lipinski definition) is 6. The van der Waals surface area contributed by atoms with Gasteiger partial charge in [-0.05, 0) is 44.4 Å². The molecule has 2 saturated heterocycles. The largest absolute Gasteiger partial charge is 0.477 e. The molecular formula is C22H33N3O5S. The first-order valence-electron chi connectivity index (χ1n) is 11.2. The standard InChI is InChI=1S/C22H33N3O5S/c1-12(26)18-14-10-15(19(21(29)30)25(14)20(18)28)31-13-9-16(23-11-13)22(7-8-22)6-4-5-17(27)24(2)3/h12-14,16,18,23,26H,4-11H2,1-3H3,(H,29,30)/t12-,13+,14-,16+,18-/m1/s1. The molecular weight excluding hydrogens is 418 g/mol. The van der Waals surface area contributed by atoms with Gasteiger partial charge in [-0.1, -0.05) is 0 Å². The van der Waals surface area contributed by atoms with Crippen molar-refractivity contribution in [2.45, 2.75) is 75.3 Å². The number of β-lactam (4-membered cyclic amide) rings is 1. The first kappa shape index (κ1) is 22.6. The van der Waals surface area contributed by atoms with E-state index in [0.717, 1.165) is 30.7 Å². The Morgan fingerprint density at radius 3 is 2.65 bits per heavy atom. The lowest BCUT2D eigenvalue weighted by Gasteiger charge is -2.44. The van der Waals surface area contributed by atoms with Gasteiger partial charge in [0.25, 0.3) is 0 Å². The summed E-state index contributed by atoms with van der Waals surface area (Å²) in [5.74, 6) is -1.66. The van der Waals surface area contributed by atoms with Crippen LogP contribution in [-0.2, 0) is 14.4 Å². The molecule has 8 nitrogen and oxygen atoms in total. The zero-order chi connectivity index (χ0) is 22.5. The lowest BCUT2D eigenvalue weighted by molar-refractivity contribution is -0.161. The number of nitrogens with one attached hydrogen (secondary N) is 1. The number of aliphatic carboxylic acids is 1. The van der Waals surface area contributed by atoms with E-state index in [1.807, 2.05) is 0 Å². The summed E-state index contributed by atoms with van der Waals surface area (Å²) >= 11 is 1.59. The van der Waals surface area contributed by atoms with Crippen LogP contribution < -0.4 is 5.32 Å². The van der Waals surface area contributed by atoms with Crippen molar-refractivity contribution in [3.63, 3.8) is 0 Å². The molecule has 0 unspecified atom stereocenters. The third-order valence-electron chi connectivity index (χ3n) is 7.49. The highest BCUT2D eigenvalue weighted by molar-refractivity contribution is 8.03. The molecule has 1 saturated carbocycles. The summed E-state index contributed by atoms with van der Waals surface area (Å²) in [7, 11) is 3.58. The van der Waals surface area contributed by atoms with E-state index in [2.05, 4.69) is 5.32 Å². The van der Waals surface area contributed by atoms with Crippen LogP contribution in [0.1, 0.15) is 51.9 Å². The SMILES string of the molecule is C[C@@H](O)[C@H]1C(=O)N2C(C(=O)O)=C(S[C@@H]3CN[C@H](C4(CCCC(=O)N(C)C)CC4)C3)C[C@H]12. The van der Waals surface area contributed by atoms with E-state index >= 15 is 0 Å². The molecule has 9 heteroatoms. The molecule has 0 spiro atoms. The highest BCUT2D eigenvalue weighted by Crippen LogP contribution is 2.56. The lowest BCUT2D eigenvalue weighted by atomic mass is 9.83. The van der Waals surface area contributed by atoms with Crippen molar-refractivity contribution in [3.8, 4) is 0 Å². The maximum Gasteiger partial charge on any atom is 0.353 e. The summed E-state index contributed by atoms with van der Waals surface area (Å²) in [6.45, 7) is 2.42. The Balaban J connectivity index is 1.35. The Labute approximate surface area is 187 Å². The summed E-state index contributed by atoms with van der Waals surface area (Å²) < 4.78 is 0. The van der Waals surface area contributed by atoms with Crippen LogP contribution in [0.15, 0.2) is 10.6 Å². The van der Waals surface area contributed by atoms with Gasteiger partial charge in [0.1, 0.15) is 5.70 Å². The highest BCUT2D eigenvalue weighted by atomic mass is 32.2. The van der Waals surface area contributed by atoms with Gasteiger partial charge in [0.15, 0.2) is 0 Å². The maximum absolute atomic E-state index is 12.4. The van der Waals surface area contributed by atoms with Crippen LogP contribution in [0.2, 0.25) is 0 Å². The normalized spacial score (nSPS) is 32.0. The van der Waals surface area contributed by atoms with Gasteiger partial charge in [0.2, 0.25) is 11.8 Å². The van der Waals surface area contributed by atoms with Crippen LogP contribution in [0.4, 0.5) is 0 Å². The van der Waals surface area contributed by atoms with Gasteiger partial charge in [-0.2, -0.15) is 0 Å². The van der Waals surface area contributed by atoms with Gasteiger partial charge in [0, 0.05) is 49.7 Å². The van der Waals surface area contributed by atoms with Gasteiger partial charge in [-0.25, -0.2) is 4.79 Å². The molecule has 2 amide bonds. The molecule has 3 aliphatic heterocycles. The third-order valence-corrected chi connectivity index (χ3v) is 8.82. The minimum Gasteiger partial charge on any atom is -0.477 e. The molecule has 5 atom stereocenters. The molecule has 1 aliphatic carbocycles. The highest BCUT2D eigenvalue weighted by Gasteiger charge is 2.57. The number of fused-ring (bicyclic) bond motifs is 1. The topological polar surface area (TPSA) is 110 Å². The fourth-order valence-corrected chi connectivity index (χ4v) is 6.98. The van der Waals surface area contributed by atoms with E-state index in [1.54, 1.807) is 37.7 Å². The van der Waals surface area contributed by atoms with Gasteiger partial charge >= 0.3 is 5.97 Å². The van der Waals surface area contributed by atoms with Crippen LogP contribution >= 0.6 is 11.8 Å². The molecule has 4 rings (SSSR count). The Kier molecular flexibility index (Phi) is 6.13. The van der Waals surface area contributed by atoms with Gasteiger partial charge in [-0.15, -0.1) is 11.8 Å². The molecule has 0 radical (unpaired) electrons. The van der Waals surface area contributed by atoms with Crippen molar-refractivity contribution in [2.75, 3.05) is 20.6 Å². The first-order valence-corrected chi connectivity index (χ1v) is 12.1. The first-order chi connectivity index (χ1) is 14.6. The Bertz CT molecular complexity index is 807. The van der Waals surface area contributed by atoms with Crippen molar-refractivity contribution >= 4 is 29.5 Å². The number of carbonyl (C=O) groups is 3. The number of rotatable bonds is 9. The van der Waals surface area contributed by atoms with Gasteiger partial charge < -0.3 is 25.3 Å². The van der Waals surface area contributed by atoms with Crippen LogP contribution in [0.5, 0.6) is 0 Å². The van der Waals surface area contributed by atoms with E-state index in [9.17, 15) is 24.6 Å². The number of carboxylic acids is 1. The number of amides is 2. The van der Waals surface area contributed by atoms with Gasteiger partial charge in [-0.3, -0.25) is 9.59 Å². The van der Waals surface area contributed by atoms with Gasteiger partial charge in [0.05, 0.1) is 18.1 Å². The molecule has 3 heterocycles. The van der Waals surface area contributed by atoms with E-state index in [4.69, 9.17) is 0 Å². The van der Waals surface area contributed by atoms with Crippen LogP contribution in [-0.4, -0.2) is 81.9 Å². The Hall–Kier alpha value is -1.58. The smallest absolute Gasteiger partial charge is 0.353 e. The summed E-state index contributed by atoms with van der Waals surface area (Å²) in [6.07, 6.45) is 5.63. The Morgan fingerprint density at radius 2 is 2.06 bits per heavy atom. The molecule has 0 aromatic heterocycles. The Morgan fingerprint density at radius 1 is 1.35 bits per heavy atom. The number of thioether (sulfide) groups is 1. The summed E-state index contributed by atoms with van der Waals surface area (Å²) in [4.78, 5) is 39.9. The van der Waals surface area contributed by atoms with Crippen molar-refractivity contribution in [3.05, 3.63) is 10.6 Å². The van der Waals surface area contributed by atoms with E-state index in [0.29, 0.717) is 18.9 Å². The molecule has 3 fully saturated rings. The van der Waals surface area contributed by atoms with Crippen molar-refractivity contribution in [1.29, 1.82) is 0 Å². The lowest BCUT2D eigenvalue weighted by Crippen LogP contribution is -2.61. The number of aliphatic hydroxyl groups excluding tert-OH is 1. The molecule has 4 aliphatic rings. The zero-order valence-corrected chi connectivity index (χ0v) is 19.3. The fourth-order valence-electron chi connectivity index (χ4n) is 5.55. The average molecular weight is 452 g/mol.